The van der Waals surface area contributed by atoms with Crippen LogP contribution < -0.4 is 0 Å². The molecule has 0 aromatic heterocycles. The van der Waals surface area contributed by atoms with Crippen molar-refractivity contribution in [2.24, 2.45) is 0 Å². The molecule has 0 heterocycles. The number of carbonyl (C=O) groups is 2. The second kappa shape index (κ2) is 32.3. The van der Waals surface area contributed by atoms with Gasteiger partial charge >= 0.3 is 0 Å². The predicted molar refractivity (Wildman–Crippen MR) is 175 cm³/mol. The number of ketones is 2. The molecule has 0 aromatic carbocycles. The monoisotopic (exact) mass is 561 g/mol. The highest BCUT2D eigenvalue weighted by atomic mass is 16.3. The van der Waals surface area contributed by atoms with E-state index in [0.717, 1.165) is 51.4 Å². The van der Waals surface area contributed by atoms with Crippen molar-refractivity contribution in [1.82, 2.24) is 0 Å². The Morgan fingerprint density at radius 3 is 0.975 bits per heavy atom. The molecule has 3 heteroatoms. The van der Waals surface area contributed by atoms with Gasteiger partial charge in [-0.3, -0.25) is 9.59 Å². The van der Waals surface area contributed by atoms with Crippen molar-refractivity contribution in [2.45, 2.75) is 200 Å². The molecule has 234 valence electrons. The van der Waals surface area contributed by atoms with Gasteiger partial charge < -0.3 is 5.11 Å². The van der Waals surface area contributed by atoms with Gasteiger partial charge in [0.05, 0.1) is 0 Å². The van der Waals surface area contributed by atoms with Crippen molar-refractivity contribution in [3.8, 4) is 0 Å². The SMILES string of the molecule is CCCCCCCC/C=C\CCCCCCCC(=O)C(O)C(=O)CCCCCCC/C=C\CCCCCCCC. The average molecular weight is 561 g/mol. The largest absolute Gasteiger partial charge is 0.378 e. The van der Waals surface area contributed by atoms with Crippen molar-refractivity contribution < 1.29 is 14.7 Å². The van der Waals surface area contributed by atoms with Crippen LogP contribution in [0.2, 0.25) is 0 Å². The summed E-state index contributed by atoms with van der Waals surface area (Å²) in [4.78, 5) is 24.4. The van der Waals surface area contributed by atoms with Gasteiger partial charge in [0, 0.05) is 12.8 Å². The summed E-state index contributed by atoms with van der Waals surface area (Å²) in [5.74, 6) is -0.564. The van der Waals surface area contributed by atoms with E-state index >= 15 is 0 Å². The number of allylic oxidation sites excluding steroid dienone is 4. The van der Waals surface area contributed by atoms with Crippen LogP contribution in [0.4, 0.5) is 0 Å². The van der Waals surface area contributed by atoms with E-state index in [4.69, 9.17) is 0 Å². The molecule has 0 saturated carbocycles. The Kier molecular flexibility index (Phi) is 31.3. The summed E-state index contributed by atoms with van der Waals surface area (Å²) in [7, 11) is 0. The number of hydrogen-bond donors (Lipinski definition) is 1. The third kappa shape index (κ3) is 28.3. The number of aliphatic hydroxyl groups excluding tert-OH is 1. The van der Waals surface area contributed by atoms with Crippen LogP contribution in [-0.4, -0.2) is 22.8 Å². The van der Waals surface area contributed by atoms with E-state index < -0.39 is 6.10 Å². The molecule has 0 spiro atoms. The van der Waals surface area contributed by atoms with E-state index in [0.29, 0.717) is 12.8 Å². The molecule has 0 saturated heterocycles. The topological polar surface area (TPSA) is 54.4 Å². The van der Waals surface area contributed by atoms with Crippen molar-refractivity contribution in [3.63, 3.8) is 0 Å². The molecule has 0 radical (unpaired) electrons. The predicted octanol–water partition coefficient (Wildman–Crippen LogP) is 11.6. The lowest BCUT2D eigenvalue weighted by molar-refractivity contribution is -0.138. The smallest absolute Gasteiger partial charge is 0.170 e. The third-order valence-electron chi connectivity index (χ3n) is 7.98. The average Bonchev–Trinajstić information content (AvgIpc) is 2.96. The molecule has 1 N–H and O–H groups in total. The maximum atomic E-state index is 12.2. The number of unbranched alkanes of at least 4 members (excludes halogenated alkanes) is 22. The standard InChI is InChI=1S/C37H68O3/c1-3-5-7-9-11-13-15-17-19-21-23-25-27-29-31-33-35(38)37(40)36(39)34-32-30-28-26-24-22-20-18-16-14-12-10-8-6-4-2/h17-20,37,40H,3-16,21-34H2,1-2H3/b19-17-,20-18-. The van der Waals surface area contributed by atoms with E-state index in [1.54, 1.807) is 0 Å². The van der Waals surface area contributed by atoms with E-state index in [1.807, 2.05) is 0 Å². The van der Waals surface area contributed by atoms with Crippen LogP contribution in [0, 0.1) is 0 Å². The highest BCUT2D eigenvalue weighted by Gasteiger charge is 2.22. The van der Waals surface area contributed by atoms with Gasteiger partial charge in [0.15, 0.2) is 17.7 Å². The molecule has 0 aromatic rings. The van der Waals surface area contributed by atoms with Crippen LogP contribution >= 0.6 is 0 Å². The van der Waals surface area contributed by atoms with Crippen LogP contribution in [0.15, 0.2) is 24.3 Å². The molecular formula is C37H68O3. The number of hydrogen-bond acceptors (Lipinski definition) is 3. The van der Waals surface area contributed by atoms with Crippen molar-refractivity contribution in [2.75, 3.05) is 0 Å². The summed E-state index contributed by atoms with van der Waals surface area (Å²) in [6.07, 6.45) is 40.2. The molecule has 0 fully saturated rings. The fraction of sp³-hybridized carbons (Fsp3) is 0.838. The molecule has 0 bridgehead atoms. The molecule has 0 aliphatic heterocycles. The molecule has 0 amide bonds. The van der Waals surface area contributed by atoms with Crippen LogP contribution in [0.5, 0.6) is 0 Å². The van der Waals surface area contributed by atoms with Crippen LogP contribution in [-0.2, 0) is 9.59 Å². The molecule has 0 unspecified atom stereocenters. The Labute approximate surface area is 250 Å². The Hall–Kier alpha value is -1.22. The first-order chi connectivity index (χ1) is 19.6. The molecule has 40 heavy (non-hydrogen) atoms. The highest BCUT2D eigenvalue weighted by Crippen LogP contribution is 2.13. The zero-order chi connectivity index (χ0) is 29.4. The first-order valence-corrected chi connectivity index (χ1v) is 17.7. The minimum atomic E-state index is -1.39. The zero-order valence-electron chi connectivity index (χ0n) is 26.9. The highest BCUT2D eigenvalue weighted by molar-refractivity contribution is 6.04. The van der Waals surface area contributed by atoms with Gasteiger partial charge in [-0.2, -0.15) is 0 Å². The molecule has 0 rings (SSSR count). The number of Topliss-reactive ketones (excluding diaryl/α,β-unsaturated/α-hetero) is 2. The molecule has 3 nitrogen and oxygen atoms in total. The maximum absolute atomic E-state index is 12.2. The van der Waals surface area contributed by atoms with E-state index in [2.05, 4.69) is 38.2 Å². The second-order valence-corrected chi connectivity index (χ2v) is 12.0. The lowest BCUT2D eigenvalue weighted by atomic mass is 9.99. The minimum Gasteiger partial charge on any atom is -0.378 e. The number of aliphatic hydroxyl groups is 1. The van der Waals surface area contributed by atoms with Crippen LogP contribution in [0.1, 0.15) is 194 Å². The Morgan fingerprint density at radius 2 is 0.675 bits per heavy atom. The molecule has 0 atom stereocenters. The molecule has 0 aliphatic carbocycles. The van der Waals surface area contributed by atoms with Gasteiger partial charge in [0.2, 0.25) is 0 Å². The quantitative estimate of drug-likeness (QED) is 0.0505. The number of rotatable bonds is 32. The minimum absolute atomic E-state index is 0.282. The van der Waals surface area contributed by atoms with E-state index in [1.165, 1.54) is 116 Å². The lowest BCUT2D eigenvalue weighted by Crippen LogP contribution is -2.29. The summed E-state index contributed by atoms with van der Waals surface area (Å²) >= 11 is 0. The summed E-state index contributed by atoms with van der Waals surface area (Å²) in [5, 5.41) is 10.1. The van der Waals surface area contributed by atoms with Gasteiger partial charge in [-0.05, 0) is 64.2 Å². The number of carbonyl (C=O) groups excluding carboxylic acids is 2. The fourth-order valence-corrected chi connectivity index (χ4v) is 5.19. The maximum Gasteiger partial charge on any atom is 0.170 e. The van der Waals surface area contributed by atoms with Gasteiger partial charge in [0.25, 0.3) is 0 Å². The van der Waals surface area contributed by atoms with Crippen LogP contribution in [0.3, 0.4) is 0 Å². The van der Waals surface area contributed by atoms with Crippen LogP contribution in [0.25, 0.3) is 0 Å². The lowest BCUT2D eigenvalue weighted by Gasteiger charge is -2.09. The second-order valence-electron chi connectivity index (χ2n) is 12.0. The van der Waals surface area contributed by atoms with Gasteiger partial charge in [-0.15, -0.1) is 0 Å². The Balaban J connectivity index is 3.51. The Bertz CT molecular complexity index is 555. The van der Waals surface area contributed by atoms with Gasteiger partial charge in [-0.1, -0.05) is 141 Å². The van der Waals surface area contributed by atoms with Gasteiger partial charge in [0.1, 0.15) is 0 Å². The normalized spacial score (nSPS) is 11.9. The van der Waals surface area contributed by atoms with E-state index in [9.17, 15) is 14.7 Å². The first kappa shape index (κ1) is 38.8. The summed E-state index contributed by atoms with van der Waals surface area (Å²) in [5.41, 5.74) is 0. The third-order valence-corrected chi connectivity index (χ3v) is 7.98. The van der Waals surface area contributed by atoms with Gasteiger partial charge in [-0.25, -0.2) is 0 Å². The van der Waals surface area contributed by atoms with Crippen molar-refractivity contribution in [1.29, 1.82) is 0 Å². The summed E-state index contributed by atoms with van der Waals surface area (Å²) < 4.78 is 0. The Morgan fingerprint density at radius 1 is 0.425 bits per heavy atom. The molecule has 0 aliphatic rings. The molecular weight excluding hydrogens is 492 g/mol. The zero-order valence-corrected chi connectivity index (χ0v) is 26.9. The summed E-state index contributed by atoms with van der Waals surface area (Å²) in [6.45, 7) is 4.52. The van der Waals surface area contributed by atoms with E-state index in [-0.39, 0.29) is 11.6 Å². The van der Waals surface area contributed by atoms with Crippen molar-refractivity contribution in [3.05, 3.63) is 24.3 Å². The first-order valence-electron chi connectivity index (χ1n) is 17.7. The summed E-state index contributed by atoms with van der Waals surface area (Å²) in [6, 6.07) is 0. The fourth-order valence-electron chi connectivity index (χ4n) is 5.19. The van der Waals surface area contributed by atoms with Crippen molar-refractivity contribution >= 4 is 11.6 Å².